The van der Waals surface area contributed by atoms with Crippen LogP contribution in [0.5, 0.6) is 0 Å². The normalized spacial score (nSPS) is 31.1. The number of hydrogen-bond donors (Lipinski definition) is 0. The van der Waals surface area contributed by atoms with Crippen LogP contribution in [-0.2, 0) is 15.8 Å². The van der Waals surface area contributed by atoms with Gasteiger partial charge in [0, 0.05) is 0 Å². The van der Waals surface area contributed by atoms with E-state index < -0.39 is 23.6 Å². The highest BCUT2D eigenvalue weighted by Gasteiger charge is 2.63. The summed E-state index contributed by atoms with van der Waals surface area (Å²) in [7, 11) is 0. The molecule has 1 aliphatic heterocycles. The van der Waals surface area contributed by atoms with Gasteiger partial charge in [0.2, 0.25) is 11.8 Å². The molecule has 1 aromatic rings. The van der Waals surface area contributed by atoms with E-state index in [9.17, 15) is 22.8 Å². The van der Waals surface area contributed by atoms with Crippen LogP contribution in [0.15, 0.2) is 35.4 Å². The van der Waals surface area contributed by atoms with E-state index in [1.807, 2.05) is 13.8 Å². The Kier molecular flexibility index (Phi) is 3.40. The molecule has 0 N–H and O–H groups in total. The third-order valence-electron chi connectivity index (χ3n) is 5.86. The molecular weight excluding hydrogens is 331 g/mol. The quantitative estimate of drug-likeness (QED) is 0.563. The zero-order valence-electron chi connectivity index (χ0n) is 13.9. The SMILES string of the molecule is CC(C)=C1[C@@H]2CC[C@@H]1[C@@H]1C(=O)N(c3cccc(C(F)(F)F)c3)C(=O)[C@H]12. The maximum atomic E-state index is 13.0. The number of carbonyl (C=O) groups is 2. The predicted octanol–water partition coefficient (Wildman–Crippen LogP) is 4.19. The summed E-state index contributed by atoms with van der Waals surface area (Å²) in [6.07, 6.45) is -2.75. The fourth-order valence-corrected chi connectivity index (χ4v) is 5.07. The molecule has 2 amide bonds. The summed E-state index contributed by atoms with van der Waals surface area (Å²) >= 11 is 0. The Hall–Kier alpha value is -2.11. The van der Waals surface area contributed by atoms with Gasteiger partial charge in [-0.15, -0.1) is 0 Å². The molecule has 132 valence electrons. The van der Waals surface area contributed by atoms with Gasteiger partial charge in [-0.3, -0.25) is 14.5 Å². The first kappa shape index (κ1) is 16.4. The van der Waals surface area contributed by atoms with E-state index in [0.717, 1.165) is 35.4 Å². The second-order valence-corrected chi connectivity index (χ2v) is 7.36. The summed E-state index contributed by atoms with van der Waals surface area (Å²) in [5.41, 5.74) is 1.56. The largest absolute Gasteiger partial charge is 0.416 e. The van der Waals surface area contributed by atoms with Crippen LogP contribution in [0.25, 0.3) is 0 Å². The van der Waals surface area contributed by atoms with Gasteiger partial charge >= 0.3 is 6.18 Å². The summed E-state index contributed by atoms with van der Waals surface area (Å²) < 4.78 is 38.9. The number of carbonyl (C=O) groups excluding carboxylic acids is 2. The first-order chi connectivity index (χ1) is 11.7. The van der Waals surface area contributed by atoms with Crippen LogP contribution < -0.4 is 4.90 Å². The van der Waals surface area contributed by atoms with Crippen molar-refractivity contribution in [3.05, 3.63) is 41.0 Å². The number of nitrogens with zero attached hydrogens (tertiary/aromatic N) is 1. The number of allylic oxidation sites excluding steroid dienone is 2. The number of imide groups is 1. The van der Waals surface area contributed by atoms with Gasteiger partial charge < -0.3 is 0 Å². The van der Waals surface area contributed by atoms with Crippen molar-refractivity contribution in [3.63, 3.8) is 0 Å². The molecule has 2 saturated carbocycles. The van der Waals surface area contributed by atoms with E-state index in [1.54, 1.807) is 0 Å². The number of halogens is 3. The maximum Gasteiger partial charge on any atom is 0.416 e. The van der Waals surface area contributed by atoms with Crippen molar-refractivity contribution in [2.75, 3.05) is 4.90 Å². The van der Waals surface area contributed by atoms with Crippen molar-refractivity contribution < 1.29 is 22.8 Å². The average Bonchev–Trinajstić information content (AvgIpc) is 3.17. The van der Waals surface area contributed by atoms with Gasteiger partial charge in [0.25, 0.3) is 0 Å². The van der Waals surface area contributed by atoms with Gasteiger partial charge in [0.1, 0.15) is 0 Å². The van der Waals surface area contributed by atoms with Crippen molar-refractivity contribution >= 4 is 17.5 Å². The lowest BCUT2D eigenvalue weighted by Crippen LogP contribution is -2.33. The lowest BCUT2D eigenvalue weighted by molar-refractivity contribution is -0.137. The number of anilines is 1. The molecule has 3 fully saturated rings. The lowest BCUT2D eigenvalue weighted by Gasteiger charge is -2.20. The van der Waals surface area contributed by atoms with Gasteiger partial charge in [-0.05, 0) is 56.7 Å². The fraction of sp³-hybridized carbons (Fsp3) is 0.474. The van der Waals surface area contributed by atoms with Crippen LogP contribution in [0.3, 0.4) is 0 Å². The average molecular weight is 349 g/mol. The molecular formula is C19H18F3NO2. The molecule has 2 aliphatic carbocycles. The third kappa shape index (κ3) is 2.19. The van der Waals surface area contributed by atoms with E-state index in [0.29, 0.717) is 0 Å². The Morgan fingerprint density at radius 3 is 2.08 bits per heavy atom. The Bertz CT molecular complexity index is 775. The molecule has 2 bridgehead atoms. The van der Waals surface area contributed by atoms with Crippen molar-refractivity contribution in [2.45, 2.75) is 32.9 Å². The second-order valence-electron chi connectivity index (χ2n) is 7.36. The zero-order chi connectivity index (χ0) is 18.1. The van der Waals surface area contributed by atoms with Crippen molar-refractivity contribution in [3.8, 4) is 0 Å². The highest BCUT2D eigenvalue weighted by Crippen LogP contribution is 2.60. The molecule has 4 rings (SSSR count). The van der Waals surface area contributed by atoms with Gasteiger partial charge in [-0.25, -0.2) is 0 Å². The molecule has 1 saturated heterocycles. The Balaban J connectivity index is 1.74. The van der Waals surface area contributed by atoms with Crippen LogP contribution in [0.4, 0.5) is 18.9 Å². The molecule has 3 aliphatic rings. The minimum Gasteiger partial charge on any atom is -0.274 e. The van der Waals surface area contributed by atoms with E-state index in [-0.39, 0.29) is 29.3 Å². The molecule has 3 nitrogen and oxygen atoms in total. The summed E-state index contributed by atoms with van der Waals surface area (Å²) in [5.74, 6) is -1.39. The number of fused-ring (bicyclic) bond motifs is 5. The first-order valence-corrected chi connectivity index (χ1v) is 8.44. The molecule has 4 atom stereocenters. The van der Waals surface area contributed by atoms with Gasteiger partial charge in [-0.2, -0.15) is 13.2 Å². The maximum absolute atomic E-state index is 13.0. The number of rotatable bonds is 1. The van der Waals surface area contributed by atoms with Crippen LogP contribution in [0, 0.1) is 23.7 Å². The van der Waals surface area contributed by atoms with Crippen LogP contribution in [0.1, 0.15) is 32.3 Å². The monoisotopic (exact) mass is 349 g/mol. The molecule has 1 heterocycles. The lowest BCUT2D eigenvalue weighted by atomic mass is 9.81. The number of alkyl halides is 3. The summed E-state index contributed by atoms with van der Waals surface area (Å²) in [5, 5.41) is 0. The smallest absolute Gasteiger partial charge is 0.274 e. The molecule has 6 heteroatoms. The molecule has 1 aromatic carbocycles. The third-order valence-corrected chi connectivity index (χ3v) is 5.86. The van der Waals surface area contributed by atoms with Crippen LogP contribution >= 0.6 is 0 Å². The van der Waals surface area contributed by atoms with E-state index >= 15 is 0 Å². The first-order valence-electron chi connectivity index (χ1n) is 8.44. The molecule has 0 aromatic heterocycles. The molecule has 0 radical (unpaired) electrons. The van der Waals surface area contributed by atoms with Gasteiger partial charge in [0.15, 0.2) is 0 Å². The topological polar surface area (TPSA) is 37.4 Å². The standard InChI is InChI=1S/C19H18F3NO2/c1-9(2)14-12-6-7-13(14)16-15(12)17(24)23(18(16)25)11-5-3-4-10(8-11)19(20,21)22/h3-5,8,12-13,15-16H,6-7H2,1-2H3/t12-,13-,15-,16-/m0/s1. The van der Waals surface area contributed by atoms with Gasteiger partial charge in [0.05, 0.1) is 23.1 Å². The number of hydrogen-bond acceptors (Lipinski definition) is 2. The van der Waals surface area contributed by atoms with Crippen molar-refractivity contribution in [2.24, 2.45) is 23.7 Å². The Morgan fingerprint density at radius 2 is 1.60 bits per heavy atom. The highest BCUT2D eigenvalue weighted by atomic mass is 19.4. The van der Waals surface area contributed by atoms with Crippen molar-refractivity contribution in [1.82, 2.24) is 0 Å². The van der Waals surface area contributed by atoms with Crippen LogP contribution in [0.2, 0.25) is 0 Å². The van der Waals surface area contributed by atoms with Crippen LogP contribution in [-0.4, -0.2) is 11.8 Å². The van der Waals surface area contributed by atoms with E-state index in [2.05, 4.69) is 0 Å². The molecule has 25 heavy (non-hydrogen) atoms. The van der Waals surface area contributed by atoms with E-state index in [4.69, 9.17) is 0 Å². The summed E-state index contributed by atoms with van der Waals surface area (Å²) in [4.78, 5) is 26.8. The predicted molar refractivity (Wildman–Crippen MR) is 85.5 cm³/mol. The fourth-order valence-electron chi connectivity index (χ4n) is 5.07. The molecule has 0 spiro atoms. The minimum absolute atomic E-state index is 0.0253. The second kappa shape index (κ2) is 5.19. The molecule has 0 unspecified atom stereocenters. The number of benzene rings is 1. The Labute approximate surface area is 143 Å². The summed E-state index contributed by atoms with van der Waals surface area (Å²) in [6.45, 7) is 4.00. The highest BCUT2D eigenvalue weighted by molar-refractivity contribution is 6.23. The van der Waals surface area contributed by atoms with E-state index in [1.165, 1.54) is 17.7 Å². The summed E-state index contributed by atoms with van der Waals surface area (Å²) in [6, 6.07) is 4.47. The zero-order valence-corrected chi connectivity index (χ0v) is 13.9. The van der Waals surface area contributed by atoms with Gasteiger partial charge in [-0.1, -0.05) is 17.2 Å². The Morgan fingerprint density at radius 1 is 1.04 bits per heavy atom. The number of amides is 2. The van der Waals surface area contributed by atoms with Crippen molar-refractivity contribution in [1.29, 1.82) is 0 Å². The minimum atomic E-state index is -4.51.